The molecular weight excluding hydrogens is 410 g/mol. The number of benzene rings is 2. The molecule has 3 N–H and O–H groups in total. The quantitative estimate of drug-likeness (QED) is 0.481. The number of nitrogens with two attached hydrogens (primary N) is 1. The average molecular weight is 437 g/mol. The van der Waals surface area contributed by atoms with Crippen molar-refractivity contribution in [3.05, 3.63) is 67.5 Å². The number of anilines is 2. The molecule has 2 aromatic carbocycles. The Balaban J connectivity index is 1.43. The van der Waals surface area contributed by atoms with E-state index in [1.165, 1.54) is 6.33 Å². The number of piperidine rings is 1. The van der Waals surface area contributed by atoms with Crippen molar-refractivity contribution in [2.75, 3.05) is 36.6 Å². The monoisotopic (exact) mass is 436 g/mol. The van der Waals surface area contributed by atoms with Gasteiger partial charge in [0.2, 0.25) is 0 Å². The van der Waals surface area contributed by atoms with E-state index in [9.17, 15) is 0 Å². The molecule has 2 heterocycles. The van der Waals surface area contributed by atoms with Crippen molar-refractivity contribution in [2.24, 2.45) is 5.92 Å². The van der Waals surface area contributed by atoms with Crippen molar-refractivity contribution in [1.82, 2.24) is 14.9 Å². The summed E-state index contributed by atoms with van der Waals surface area (Å²) in [5, 5.41) is 3.51. The number of aromatic nitrogens is 2. The lowest BCUT2D eigenvalue weighted by Crippen LogP contribution is -2.34. The number of nitrogen functional groups attached to an aromatic ring is 1. The maximum Gasteiger partial charge on any atom is 0.139 e. The summed E-state index contributed by atoms with van der Waals surface area (Å²) in [6.07, 6.45) is 3.76. The summed E-state index contributed by atoms with van der Waals surface area (Å²) in [5.41, 5.74) is 8.00. The summed E-state index contributed by atoms with van der Waals surface area (Å²) >= 11 is 5.81. The molecule has 0 aliphatic carbocycles. The third-order valence-corrected chi connectivity index (χ3v) is 5.67. The van der Waals surface area contributed by atoms with Crippen LogP contribution in [0, 0.1) is 12.5 Å². The van der Waals surface area contributed by atoms with Gasteiger partial charge >= 0.3 is 0 Å². The number of halogens is 1. The zero-order valence-electron chi connectivity index (χ0n) is 17.4. The first kappa shape index (κ1) is 21.4. The van der Waals surface area contributed by atoms with Gasteiger partial charge in [-0.25, -0.2) is 9.97 Å². The molecule has 1 aliphatic rings. The van der Waals surface area contributed by atoms with Crippen LogP contribution in [0.25, 0.3) is 11.1 Å². The fourth-order valence-corrected chi connectivity index (χ4v) is 4.01. The summed E-state index contributed by atoms with van der Waals surface area (Å²) < 4.78 is 5.89. The maximum atomic E-state index is 6.23. The number of hydrogen-bond donors (Lipinski definition) is 2. The van der Waals surface area contributed by atoms with Gasteiger partial charge in [-0.2, -0.15) is 0 Å². The lowest BCUT2D eigenvalue weighted by Gasteiger charge is -2.31. The van der Waals surface area contributed by atoms with E-state index in [-0.39, 0.29) is 0 Å². The van der Waals surface area contributed by atoms with E-state index in [1.54, 1.807) is 0 Å². The van der Waals surface area contributed by atoms with Gasteiger partial charge in [-0.15, -0.1) is 11.6 Å². The second-order valence-corrected chi connectivity index (χ2v) is 7.93. The second-order valence-electron chi connectivity index (χ2n) is 7.62. The number of nitrogens with one attached hydrogen (secondary N) is 1. The number of nitrogens with zero attached hydrogens (tertiary/aromatic N) is 3. The normalized spacial score (nSPS) is 15.0. The molecule has 0 amide bonds. The molecule has 4 rings (SSSR count). The van der Waals surface area contributed by atoms with Crippen molar-refractivity contribution in [3.8, 4) is 22.6 Å². The topological polar surface area (TPSA) is 76.3 Å². The number of hydrogen-bond acceptors (Lipinski definition) is 6. The van der Waals surface area contributed by atoms with Gasteiger partial charge in [-0.3, -0.25) is 4.90 Å². The molecule has 0 unspecified atom stereocenters. The molecule has 7 heteroatoms. The van der Waals surface area contributed by atoms with Crippen LogP contribution in [0.4, 0.5) is 11.6 Å². The average Bonchev–Trinajstić information content (AvgIpc) is 2.80. The summed E-state index contributed by atoms with van der Waals surface area (Å²) in [4.78, 5) is 11.0. The van der Waals surface area contributed by atoms with Gasteiger partial charge in [0.05, 0.1) is 5.56 Å². The van der Waals surface area contributed by atoms with Gasteiger partial charge in [-0.05, 0) is 61.7 Å². The highest BCUT2D eigenvalue weighted by Crippen LogP contribution is 2.33. The first-order chi connectivity index (χ1) is 15.2. The number of rotatable bonds is 8. The predicted molar refractivity (Wildman–Crippen MR) is 126 cm³/mol. The summed E-state index contributed by atoms with van der Waals surface area (Å²) in [7, 11) is 0. The molecule has 1 radical (unpaired) electrons. The smallest absolute Gasteiger partial charge is 0.139 e. The van der Waals surface area contributed by atoms with E-state index >= 15 is 0 Å². The van der Waals surface area contributed by atoms with Gasteiger partial charge in [0.1, 0.15) is 29.5 Å². The number of alkyl halides is 1. The van der Waals surface area contributed by atoms with Crippen LogP contribution in [0.5, 0.6) is 11.5 Å². The molecule has 31 heavy (non-hydrogen) atoms. The first-order valence-corrected chi connectivity index (χ1v) is 11.1. The van der Waals surface area contributed by atoms with E-state index in [4.69, 9.17) is 22.1 Å². The second kappa shape index (κ2) is 10.5. The molecular formula is C24H27ClN5O. The minimum atomic E-state index is 0.459. The summed E-state index contributed by atoms with van der Waals surface area (Å²) in [5.74, 6) is 3.95. The molecule has 1 saturated heterocycles. The zero-order chi connectivity index (χ0) is 21.5. The highest BCUT2D eigenvalue weighted by Gasteiger charge is 2.20. The Kier molecular flexibility index (Phi) is 7.22. The first-order valence-electron chi connectivity index (χ1n) is 10.5. The number of likely N-dealkylation sites (tertiary alicyclic amines) is 1. The Morgan fingerprint density at radius 3 is 2.45 bits per heavy atom. The highest BCUT2D eigenvalue weighted by molar-refractivity contribution is 6.18. The molecule has 161 valence electrons. The summed E-state index contributed by atoms with van der Waals surface area (Å²) in [6, 6.07) is 17.5. The van der Waals surface area contributed by atoms with Crippen LogP contribution >= 0.6 is 11.6 Å². The standard InChI is InChI=1S/C24H27ClN5O/c25-12-15-30-13-10-18(11-14-30)16-27-24-22(23(26)28-17-29-24)19-6-8-21(9-7-19)31-20-4-2-1-3-5-20/h1-9,15,17-18H,10-14,16H2,(H3,26,27,28,29). The van der Waals surface area contributed by atoms with Crippen LogP contribution in [0.3, 0.4) is 0 Å². The van der Waals surface area contributed by atoms with Gasteiger partial charge in [0.15, 0.2) is 0 Å². The van der Waals surface area contributed by atoms with E-state index in [1.807, 2.05) is 54.6 Å². The lowest BCUT2D eigenvalue weighted by molar-refractivity contribution is 0.229. The Bertz CT molecular complexity index is 959. The maximum absolute atomic E-state index is 6.23. The fraction of sp³-hybridized carbons (Fsp3) is 0.292. The van der Waals surface area contributed by atoms with E-state index in [0.29, 0.717) is 17.6 Å². The molecule has 1 fully saturated rings. The Labute approximate surface area is 188 Å². The minimum Gasteiger partial charge on any atom is -0.457 e. The van der Waals surface area contributed by atoms with Crippen LogP contribution in [0.1, 0.15) is 12.8 Å². The molecule has 6 nitrogen and oxygen atoms in total. The van der Waals surface area contributed by atoms with Crippen molar-refractivity contribution >= 4 is 23.2 Å². The van der Waals surface area contributed by atoms with Gasteiger partial charge < -0.3 is 15.8 Å². The molecule has 0 bridgehead atoms. The van der Waals surface area contributed by atoms with Gasteiger partial charge in [-0.1, -0.05) is 30.3 Å². The van der Waals surface area contributed by atoms with E-state index < -0.39 is 0 Å². The molecule has 1 aromatic heterocycles. The van der Waals surface area contributed by atoms with Gasteiger partial charge in [0.25, 0.3) is 0 Å². The molecule has 0 atom stereocenters. The number of ether oxygens (including phenoxy) is 1. The minimum absolute atomic E-state index is 0.459. The third-order valence-electron chi connectivity index (χ3n) is 5.53. The van der Waals surface area contributed by atoms with Crippen molar-refractivity contribution in [1.29, 1.82) is 0 Å². The van der Waals surface area contributed by atoms with Crippen LogP contribution in [0.2, 0.25) is 0 Å². The lowest BCUT2D eigenvalue weighted by atomic mass is 9.96. The Morgan fingerprint density at radius 2 is 1.74 bits per heavy atom. The fourth-order valence-electron chi connectivity index (χ4n) is 3.81. The SMILES string of the molecule is Nc1ncnc(NCC2CCN([CH]CCl)CC2)c1-c1ccc(Oc2ccccc2)cc1. The van der Waals surface area contributed by atoms with Crippen LogP contribution in [0.15, 0.2) is 60.9 Å². The molecule has 0 spiro atoms. The largest absolute Gasteiger partial charge is 0.457 e. The van der Waals surface area contributed by atoms with Crippen molar-refractivity contribution in [2.45, 2.75) is 12.8 Å². The van der Waals surface area contributed by atoms with Crippen LogP contribution in [-0.2, 0) is 0 Å². The molecule has 3 aromatic rings. The van der Waals surface area contributed by atoms with Crippen LogP contribution in [-0.4, -0.2) is 40.4 Å². The highest BCUT2D eigenvalue weighted by atomic mass is 35.5. The van der Waals surface area contributed by atoms with Gasteiger partial charge in [0, 0.05) is 19.0 Å². The van der Waals surface area contributed by atoms with Crippen molar-refractivity contribution in [3.63, 3.8) is 0 Å². The number of para-hydroxylation sites is 1. The van der Waals surface area contributed by atoms with Crippen molar-refractivity contribution < 1.29 is 4.74 Å². The molecule has 1 aliphatic heterocycles. The zero-order valence-corrected chi connectivity index (χ0v) is 18.1. The third kappa shape index (κ3) is 5.66. The Hall–Kier alpha value is -2.83. The Morgan fingerprint density at radius 1 is 1.03 bits per heavy atom. The molecule has 0 saturated carbocycles. The van der Waals surface area contributed by atoms with Crippen LogP contribution < -0.4 is 15.8 Å². The van der Waals surface area contributed by atoms with E-state index in [0.717, 1.165) is 60.9 Å². The van der Waals surface area contributed by atoms with E-state index in [2.05, 4.69) is 26.7 Å². The predicted octanol–water partition coefficient (Wildman–Crippen LogP) is 5.04. The summed E-state index contributed by atoms with van der Waals surface area (Å²) in [6.45, 7) is 5.01.